The Morgan fingerprint density at radius 2 is 1.84 bits per heavy atom. The molecule has 1 aliphatic heterocycles. The number of piperidine rings is 1. The fourth-order valence-corrected chi connectivity index (χ4v) is 2.70. The third-order valence-corrected chi connectivity index (χ3v) is 4.08. The van der Waals surface area contributed by atoms with E-state index < -0.39 is 5.82 Å². The van der Waals surface area contributed by atoms with Crippen LogP contribution >= 0.6 is 11.6 Å². The lowest BCUT2D eigenvalue weighted by atomic mass is 10.00. The normalized spacial score (nSPS) is 24.4. The Bertz CT molecular complexity index is 470. The molecule has 0 aromatic heterocycles. The van der Waals surface area contributed by atoms with Crippen molar-refractivity contribution < 1.29 is 4.39 Å². The second-order valence-corrected chi connectivity index (χ2v) is 5.58. The molecule has 6 heteroatoms. The van der Waals surface area contributed by atoms with Gasteiger partial charge in [-0.25, -0.2) is 9.40 Å². The molecule has 5 N–H and O–H groups in total. The highest BCUT2D eigenvalue weighted by atomic mass is 35.5. The minimum absolute atomic E-state index is 0.0889. The number of halogens is 2. The predicted molar refractivity (Wildman–Crippen MR) is 78.5 cm³/mol. The molecule has 0 amide bonds. The molecule has 0 radical (unpaired) electrons. The van der Waals surface area contributed by atoms with Crippen LogP contribution in [0.4, 0.5) is 21.5 Å². The minimum atomic E-state index is -0.593. The van der Waals surface area contributed by atoms with Gasteiger partial charge in [0.05, 0.1) is 11.4 Å². The number of rotatable bonds is 2. The second kappa shape index (κ2) is 5.43. The van der Waals surface area contributed by atoms with Crippen LogP contribution in [-0.4, -0.2) is 17.1 Å². The monoisotopic (exact) mass is 286 g/mol. The summed E-state index contributed by atoms with van der Waals surface area (Å²) in [6.07, 6.45) is 3.32. The molecule has 2 atom stereocenters. The van der Waals surface area contributed by atoms with E-state index in [2.05, 4.69) is 19.3 Å². The molecule has 1 aromatic carbocycles. The van der Waals surface area contributed by atoms with Gasteiger partial charge in [-0.2, -0.15) is 0 Å². The van der Waals surface area contributed by atoms with Crippen LogP contribution in [0.2, 0.25) is 5.02 Å². The highest BCUT2D eigenvalue weighted by molar-refractivity contribution is 6.33. The Hall–Kier alpha value is -1.20. The van der Waals surface area contributed by atoms with Gasteiger partial charge in [0.25, 0.3) is 0 Å². The number of nitrogen functional groups attached to an aromatic ring is 2. The molecule has 1 fully saturated rings. The summed E-state index contributed by atoms with van der Waals surface area (Å²) >= 11 is 5.83. The van der Waals surface area contributed by atoms with E-state index in [1.807, 2.05) is 5.01 Å². The molecular weight excluding hydrogens is 267 g/mol. The van der Waals surface area contributed by atoms with Crippen LogP contribution in [0.1, 0.15) is 33.1 Å². The van der Waals surface area contributed by atoms with Gasteiger partial charge >= 0.3 is 0 Å². The molecule has 1 heterocycles. The SMILES string of the molecule is CC1CCCC(C)N1Nc1c(N)cc(N)c(Cl)c1F. The molecule has 1 aromatic rings. The summed E-state index contributed by atoms with van der Waals surface area (Å²) in [4.78, 5) is 0. The maximum atomic E-state index is 14.2. The van der Waals surface area contributed by atoms with E-state index in [0.29, 0.717) is 12.1 Å². The van der Waals surface area contributed by atoms with Crippen LogP contribution < -0.4 is 16.9 Å². The minimum Gasteiger partial charge on any atom is -0.397 e. The van der Waals surface area contributed by atoms with Gasteiger partial charge in [-0.05, 0) is 32.8 Å². The maximum absolute atomic E-state index is 14.2. The van der Waals surface area contributed by atoms with E-state index in [1.54, 1.807) is 0 Å². The summed E-state index contributed by atoms with van der Waals surface area (Å²) in [5.74, 6) is -0.593. The Morgan fingerprint density at radius 3 is 2.42 bits per heavy atom. The molecule has 0 bridgehead atoms. The summed E-state index contributed by atoms with van der Waals surface area (Å²) in [5.41, 5.74) is 15.1. The van der Waals surface area contributed by atoms with Crippen molar-refractivity contribution in [3.63, 3.8) is 0 Å². The zero-order valence-corrected chi connectivity index (χ0v) is 12.0. The summed E-state index contributed by atoms with van der Waals surface area (Å²) in [7, 11) is 0. The number of hydrazine groups is 1. The molecule has 1 saturated heterocycles. The number of hydrogen-bond donors (Lipinski definition) is 3. The van der Waals surface area contributed by atoms with Crippen LogP contribution in [0.3, 0.4) is 0 Å². The van der Waals surface area contributed by atoms with Crippen molar-refractivity contribution in [3.8, 4) is 0 Å². The molecule has 0 aliphatic carbocycles. The molecule has 106 valence electrons. The van der Waals surface area contributed by atoms with Gasteiger partial charge in [-0.15, -0.1) is 0 Å². The van der Waals surface area contributed by atoms with E-state index in [0.717, 1.165) is 12.8 Å². The largest absolute Gasteiger partial charge is 0.397 e. The lowest BCUT2D eigenvalue weighted by Gasteiger charge is -2.39. The van der Waals surface area contributed by atoms with Crippen LogP contribution in [0.5, 0.6) is 0 Å². The zero-order chi connectivity index (χ0) is 14.2. The van der Waals surface area contributed by atoms with Gasteiger partial charge in [0, 0.05) is 12.1 Å². The van der Waals surface area contributed by atoms with Gasteiger partial charge in [0.1, 0.15) is 10.7 Å². The summed E-state index contributed by atoms with van der Waals surface area (Å²) in [6, 6.07) is 2.12. The first kappa shape index (κ1) is 14.2. The Labute approximate surface area is 117 Å². The average Bonchev–Trinajstić information content (AvgIpc) is 2.35. The van der Waals surface area contributed by atoms with E-state index in [4.69, 9.17) is 23.1 Å². The number of nitrogens with two attached hydrogens (primary N) is 2. The number of benzene rings is 1. The Kier molecular flexibility index (Phi) is 4.06. The molecular formula is C13H20ClFN4. The first-order chi connectivity index (χ1) is 8.91. The number of hydrogen-bond acceptors (Lipinski definition) is 4. The molecule has 0 saturated carbocycles. The van der Waals surface area contributed by atoms with Gasteiger partial charge in [0.15, 0.2) is 5.82 Å². The smallest absolute Gasteiger partial charge is 0.170 e. The van der Waals surface area contributed by atoms with E-state index >= 15 is 0 Å². The summed E-state index contributed by atoms with van der Waals surface area (Å²) in [5, 5.41) is 1.94. The fourth-order valence-electron chi connectivity index (χ4n) is 2.55. The zero-order valence-electron chi connectivity index (χ0n) is 11.2. The van der Waals surface area contributed by atoms with Crippen LogP contribution in [-0.2, 0) is 0 Å². The second-order valence-electron chi connectivity index (χ2n) is 5.21. The molecule has 4 nitrogen and oxygen atoms in total. The average molecular weight is 287 g/mol. The molecule has 0 spiro atoms. The molecule has 2 rings (SSSR count). The van der Waals surface area contributed by atoms with Crippen molar-refractivity contribution in [3.05, 3.63) is 16.9 Å². The van der Waals surface area contributed by atoms with Crippen molar-refractivity contribution in [1.82, 2.24) is 5.01 Å². The van der Waals surface area contributed by atoms with E-state index in [-0.39, 0.29) is 22.1 Å². The maximum Gasteiger partial charge on any atom is 0.170 e. The third kappa shape index (κ3) is 2.72. The van der Waals surface area contributed by atoms with Crippen LogP contribution in [0, 0.1) is 5.82 Å². The highest BCUT2D eigenvalue weighted by Gasteiger charge is 2.26. The number of anilines is 3. The topological polar surface area (TPSA) is 67.3 Å². The first-order valence-electron chi connectivity index (χ1n) is 6.49. The lowest BCUT2D eigenvalue weighted by Crippen LogP contribution is -2.47. The van der Waals surface area contributed by atoms with Gasteiger partial charge in [-0.1, -0.05) is 18.0 Å². The molecule has 1 aliphatic rings. The molecule has 19 heavy (non-hydrogen) atoms. The quantitative estimate of drug-likeness (QED) is 0.730. The lowest BCUT2D eigenvalue weighted by molar-refractivity contribution is 0.135. The summed E-state index contributed by atoms with van der Waals surface area (Å²) < 4.78 is 14.2. The predicted octanol–water partition coefficient (Wildman–Crippen LogP) is 3.23. The Morgan fingerprint density at radius 1 is 1.26 bits per heavy atom. The van der Waals surface area contributed by atoms with Crippen LogP contribution in [0.15, 0.2) is 6.07 Å². The number of nitrogens with zero attached hydrogens (tertiary/aromatic N) is 1. The van der Waals surface area contributed by atoms with Crippen LogP contribution in [0.25, 0.3) is 0 Å². The number of nitrogens with one attached hydrogen (secondary N) is 1. The van der Waals surface area contributed by atoms with Gasteiger partial charge < -0.3 is 16.9 Å². The fraction of sp³-hybridized carbons (Fsp3) is 0.538. The van der Waals surface area contributed by atoms with Crippen molar-refractivity contribution in [1.29, 1.82) is 0 Å². The van der Waals surface area contributed by atoms with Crippen molar-refractivity contribution in [2.45, 2.75) is 45.2 Å². The van der Waals surface area contributed by atoms with Crippen molar-refractivity contribution in [2.24, 2.45) is 0 Å². The van der Waals surface area contributed by atoms with Crippen molar-refractivity contribution >= 4 is 28.7 Å². The first-order valence-corrected chi connectivity index (χ1v) is 6.87. The van der Waals surface area contributed by atoms with E-state index in [1.165, 1.54) is 12.5 Å². The summed E-state index contributed by atoms with van der Waals surface area (Å²) in [6.45, 7) is 4.21. The van der Waals surface area contributed by atoms with Gasteiger partial charge in [-0.3, -0.25) is 0 Å². The van der Waals surface area contributed by atoms with E-state index in [9.17, 15) is 4.39 Å². The third-order valence-electron chi connectivity index (χ3n) is 3.70. The standard InChI is InChI=1S/C13H20ClFN4/c1-7-4-3-5-8(2)19(7)18-13-10(17)6-9(16)11(14)12(13)15/h6-8,18H,3-5,16-17H2,1-2H3. The van der Waals surface area contributed by atoms with Gasteiger partial charge in [0.2, 0.25) is 0 Å². The van der Waals surface area contributed by atoms with Crippen molar-refractivity contribution in [2.75, 3.05) is 16.9 Å². The highest BCUT2D eigenvalue weighted by Crippen LogP contribution is 2.35. The molecule has 2 unspecified atom stereocenters. The Balaban J connectivity index is 2.30.